The number of pyridine rings is 1. The van der Waals surface area contributed by atoms with Gasteiger partial charge >= 0.3 is 0 Å². The monoisotopic (exact) mass is 597 g/mol. The Morgan fingerprint density at radius 1 is 1.05 bits per heavy atom. The number of nitrogens with zero attached hydrogens (tertiary/aromatic N) is 4. The zero-order valence-electron chi connectivity index (χ0n) is 26.1. The fourth-order valence-electron chi connectivity index (χ4n) is 7.04. The van der Waals surface area contributed by atoms with Crippen molar-refractivity contribution >= 4 is 21.5 Å². The van der Waals surface area contributed by atoms with Crippen molar-refractivity contribution in [3.63, 3.8) is 0 Å². The molecule has 0 amide bonds. The van der Waals surface area contributed by atoms with E-state index < -0.39 is 10.0 Å². The number of sulfonamides is 1. The lowest BCUT2D eigenvalue weighted by molar-refractivity contribution is 0.0608. The van der Waals surface area contributed by atoms with Crippen molar-refractivity contribution in [1.29, 1.82) is 0 Å². The van der Waals surface area contributed by atoms with Crippen molar-refractivity contribution in [2.45, 2.75) is 96.2 Å². The van der Waals surface area contributed by atoms with Crippen LogP contribution in [0.5, 0.6) is 5.75 Å². The number of hydrogen-bond donors (Lipinski definition) is 1. The highest BCUT2D eigenvalue weighted by molar-refractivity contribution is 7.92. The summed E-state index contributed by atoms with van der Waals surface area (Å²) in [6, 6.07) is 9.95. The number of aromatic nitrogens is 1. The summed E-state index contributed by atoms with van der Waals surface area (Å²) in [6.45, 7) is 10.7. The van der Waals surface area contributed by atoms with E-state index in [-0.39, 0.29) is 0 Å². The second-order valence-corrected chi connectivity index (χ2v) is 14.4. The van der Waals surface area contributed by atoms with Crippen LogP contribution >= 0.6 is 0 Å². The van der Waals surface area contributed by atoms with Crippen LogP contribution in [0.2, 0.25) is 0 Å². The smallest absolute Gasteiger partial charge is 0.229 e. The van der Waals surface area contributed by atoms with Crippen molar-refractivity contribution in [2.75, 3.05) is 55.7 Å². The van der Waals surface area contributed by atoms with Gasteiger partial charge in [-0.2, -0.15) is 0 Å². The number of unbranched alkanes of at least 4 members (excludes halogenated alkanes) is 1. The fourth-order valence-corrected chi connectivity index (χ4v) is 7.58. The fraction of sp³-hybridized carbons (Fsp3) is 0.667. The van der Waals surface area contributed by atoms with Gasteiger partial charge in [0.15, 0.2) is 0 Å². The Morgan fingerprint density at radius 3 is 2.48 bits per heavy atom. The zero-order valence-corrected chi connectivity index (χ0v) is 27.0. The van der Waals surface area contributed by atoms with Crippen LogP contribution in [0, 0.1) is 0 Å². The minimum Gasteiger partial charge on any atom is -0.496 e. The van der Waals surface area contributed by atoms with Crippen LogP contribution in [0.15, 0.2) is 30.5 Å². The van der Waals surface area contributed by atoms with Gasteiger partial charge in [0.25, 0.3) is 0 Å². The molecule has 3 heterocycles. The summed E-state index contributed by atoms with van der Waals surface area (Å²) in [5.41, 5.74) is 4.45. The normalized spacial score (nSPS) is 21.3. The summed E-state index contributed by atoms with van der Waals surface area (Å²) in [6.07, 6.45) is 13.5. The molecule has 5 rings (SSSR count). The molecule has 2 saturated heterocycles. The summed E-state index contributed by atoms with van der Waals surface area (Å²) in [7, 11) is -1.53. The van der Waals surface area contributed by atoms with Crippen LogP contribution in [0.25, 0.3) is 0 Å². The maximum absolute atomic E-state index is 11.8. The minimum absolute atomic E-state index is 0.474. The topological polar surface area (TPSA) is 78.0 Å². The second kappa shape index (κ2) is 14.0. The van der Waals surface area contributed by atoms with E-state index in [0.717, 1.165) is 76.5 Å². The van der Waals surface area contributed by atoms with Gasteiger partial charge in [0.2, 0.25) is 10.0 Å². The van der Waals surface area contributed by atoms with Crippen molar-refractivity contribution in [2.24, 2.45) is 0 Å². The molecular weight excluding hydrogens is 546 g/mol. The summed E-state index contributed by atoms with van der Waals surface area (Å²) >= 11 is 0. The Bertz CT molecular complexity index is 1290. The molecular formula is C33H51N5O3S. The third kappa shape index (κ3) is 7.58. The Kier molecular flexibility index (Phi) is 10.3. The van der Waals surface area contributed by atoms with Gasteiger partial charge in [-0.25, -0.2) is 13.4 Å². The Balaban J connectivity index is 1.19. The first-order chi connectivity index (χ1) is 20.3. The van der Waals surface area contributed by atoms with Gasteiger partial charge in [0.1, 0.15) is 11.6 Å². The van der Waals surface area contributed by atoms with Crippen molar-refractivity contribution in [3.05, 3.63) is 47.2 Å². The number of hydrogen-bond acceptors (Lipinski definition) is 7. The van der Waals surface area contributed by atoms with Crippen LogP contribution in [-0.4, -0.2) is 81.4 Å². The van der Waals surface area contributed by atoms with Crippen molar-refractivity contribution in [3.8, 4) is 5.75 Å². The number of methoxy groups -OCH3 is 1. The predicted octanol–water partition coefficient (Wildman–Crippen LogP) is 5.64. The lowest BCUT2D eigenvalue weighted by Gasteiger charge is -2.48. The Hall–Kier alpha value is -2.36. The standard InChI is InChI=1S/C33H51N5O3S/c1-5-7-9-25-12-13-27(32(20-25)41-3)23-36-16-14-30(15-17-36)38-19-18-37(24-29(38)6-2)33-31(26-10-8-11-26)21-28(22-34-33)35-42(4,39)40/h12-13,20-22,26,29-30,35H,5-11,14-19,23-24H2,1-4H3/t29-/m0/s1. The highest BCUT2D eigenvalue weighted by Crippen LogP contribution is 2.42. The molecule has 232 valence electrons. The van der Waals surface area contributed by atoms with E-state index in [2.05, 4.69) is 51.5 Å². The van der Waals surface area contributed by atoms with Gasteiger partial charge in [-0.15, -0.1) is 0 Å². The highest BCUT2D eigenvalue weighted by atomic mass is 32.2. The van der Waals surface area contributed by atoms with Crippen molar-refractivity contribution in [1.82, 2.24) is 14.8 Å². The van der Waals surface area contributed by atoms with Gasteiger partial charge < -0.3 is 9.64 Å². The van der Waals surface area contributed by atoms with E-state index in [1.807, 2.05) is 6.07 Å². The number of likely N-dealkylation sites (tertiary alicyclic amines) is 1. The molecule has 0 spiro atoms. The minimum atomic E-state index is -3.33. The number of ether oxygens (including phenoxy) is 1. The molecule has 42 heavy (non-hydrogen) atoms. The summed E-state index contributed by atoms with van der Waals surface area (Å²) < 4.78 is 32.1. The molecule has 8 nitrogen and oxygen atoms in total. The first-order valence-corrected chi connectivity index (χ1v) is 18.0. The van der Waals surface area contributed by atoms with E-state index in [1.54, 1.807) is 13.3 Å². The molecule has 0 bridgehead atoms. The molecule has 3 fully saturated rings. The molecule has 1 atom stereocenters. The SMILES string of the molecule is CCCCc1ccc(CN2CCC(N3CCN(c4ncc(NS(C)(=O)=O)cc4C4CCC4)C[C@@H]3CC)CC2)c(OC)c1. The molecule has 0 unspecified atom stereocenters. The summed E-state index contributed by atoms with van der Waals surface area (Å²) in [5, 5.41) is 0. The molecule has 2 aromatic rings. The lowest BCUT2D eigenvalue weighted by atomic mass is 9.80. The van der Waals surface area contributed by atoms with E-state index in [0.29, 0.717) is 23.7 Å². The number of rotatable bonds is 12. The Labute approximate surface area is 253 Å². The van der Waals surface area contributed by atoms with Gasteiger partial charge in [-0.3, -0.25) is 14.5 Å². The Morgan fingerprint density at radius 2 is 1.83 bits per heavy atom. The van der Waals surface area contributed by atoms with E-state index in [1.165, 1.54) is 55.1 Å². The third-order valence-corrected chi connectivity index (χ3v) is 10.2. The van der Waals surface area contributed by atoms with Crippen molar-refractivity contribution < 1.29 is 13.2 Å². The van der Waals surface area contributed by atoms with Crippen LogP contribution in [0.1, 0.15) is 87.8 Å². The first-order valence-electron chi connectivity index (χ1n) is 16.1. The second-order valence-electron chi connectivity index (χ2n) is 12.6. The zero-order chi connectivity index (χ0) is 29.7. The largest absolute Gasteiger partial charge is 0.496 e. The predicted molar refractivity (Wildman–Crippen MR) is 172 cm³/mol. The van der Waals surface area contributed by atoms with Crippen LogP contribution < -0.4 is 14.4 Å². The number of benzene rings is 1. The molecule has 0 radical (unpaired) electrons. The lowest BCUT2D eigenvalue weighted by Crippen LogP contribution is -2.58. The quantitative estimate of drug-likeness (QED) is 0.339. The van der Waals surface area contributed by atoms with E-state index >= 15 is 0 Å². The maximum atomic E-state index is 11.8. The van der Waals surface area contributed by atoms with Gasteiger partial charge in [-0.1, -0.05) is 38.8 Å². The highest BCUT2D eigenvalue weighted by Gasteiger charge is 2.35. The average molecular weight is 598 g/mol. The van der Waals surface area contributed by atoms with Crippen LogP contribution in [0.4, 0.5) is 11.5 Å². The van der Waals surface area contributed by atoms with Gasteiger partial charge in [-0.05, 0) is 87.2 Å². The maximum Gasteiger partial charge on any atom is 0.229 e. The summed E-state index contributed by atoms with van der Waals surface area (Å²) in [5.74, 6) is 2.56. The van der Waals surface area contributed by atoms with Gasteiger partial charge in [0, 0.05) is 43.8 Å². The molecule has 1 aromatic heterocycles. The molecule has 3 aliphatic rings. The molecule has 1 saturated carbocycles. The van der Waals surface area contributed by atoms with Crippen LogP contribution in [-0.2, 0) is 23.0 Å². The molecule has 1 N–H and O–H groups in total. The number of aryl methyl sites for hydroxylation is 1. The average Bonchev–Trinajstić information content (AvgIpc) is 2.95. The summed E-state index contributed by atoms with van der Waals surface area (Å²) in [4.78, 5) is 12.7. The molecule has 1 aromatic carbocycles. The first kappa shape index (κ1) is 31.1. The molecule has 2 aliphatic heterocycles. The number of nitrogens with one attached hydrogen (secondary N) is 1. The third-order valence-electron chi connectivity index (χ3n) is 9.63. The number of anilines is 2. The number of piperazine rings is 1. The molecule has 1 aliphatic carbocycles. The molecule has 9 heteroatoms. The van der Waals surface area contributed by atoms with E-state index in [4.69, 9.17) is 9.72 Å². The van der Waals surface area contributed by atoms with Gasteiger partial charge in [0.05, 0.1) is 25.2 Å². The number of piperidine rings is 1. The van der Waals surface area contributed by atoms with Crippen LogP contribution in [0.3, 0.4) is 0 Å². The van der Waals surface area contributed by atoms with E-state index in [9.17, 15) is 8.42 Å².